The summed E-state index contributed by atoms with van der Waals surface area (Å²) < 4.78 is 2.29. The number of aromatic nitrogens is 1. The van der Waals surface area contributed by atoms with Crippen LogP contribution in [0.25, 0.3) is 0 Å². The van der Waals surface area contributed by atoms with E-state index >= 15 is 0 Å². The van der Waals surface area contributed by atoms with Gasteiger partial charge in [-0.3, -0.25) is 0 Å². The van der Waals surface area contributed by atoms with Crippen molar-refractivity contribution in [3.05, 3.63) is 75.0 Å². The predicted molar refractivity (Wildman–Crippen MR) is 114 cm³/mol. The smallest absolute Gasteiger partial charge is 0.190 e. The van der Waals surface area contributed by atoms with Crippen molar-refractivity contribution in [2.75, 3.05) is 0 Å². The highest BCUT2D eigenvalue weighted by molar-refractivity contribution is 7.07. The van der Waals surface area contributed by atoms with Crippen LogP contribution in [0.1, 0.15) is 43.2 Å². The Morgan fingerprint density at radius 2 is 1.93 bits per heavy atom. The third-order valence-electron chi connectivity index (χ3n) is 4.55. The zero-order chi connectivity index (χ0) is 20.1. The number of thiazole rings is 1. The SMILES string of the molecule is CCc1cc(C#N)ccc1N=c1scc(Cc2ccc(O)cc2)n1CC(C)C. The Kier molecular flexibility index (Phi) is 6.33. The quantitative estimate of drug-likeness (QED) is 0.630. The molecule has 0 aliphatic rings. The predicted octanol–water partition coefficient (Wildman–Crippen LogP) is 5.17. The third-order valence-corrected chi connectivity index (χ3v) is 5.47. The minimum Gasteiger partial charge on any atom is -0.508 e. The summed E-state index contributed by atoms with van der Waals surface area (Å²) in [6, 6.07) is 15.3. The lowest BCUT2D eigenvalue weighted by molar-refractivity contribution is 0.475. The third kappa shape index (κ3) is 4.71. The Balaban J connectivity index is 2.04. The van der Waals surface area contributed by atoms with Gasteiger partial charge in [0.25, 0.3) is 0 Å². The zero-order valence-electron chi connectivity index (χ0n) is 16.5. The standard InChI is InChI=1S/C23H25N3OS/c1-4-19-11-18(13-24)7-10-22(19)25-23-26(14-16(2)3)20(15-28-23)12-17-5-8-21(27)9-6-17/h5-11,15-16,27H,4,12,14H2,1-3H3. The topological polar surface area (TPSA) is 61.3 Å². The summed E-state index contributed by atoms with van der Waals surface area (Å²) >= 11 is 1.65. The van der Waals surface area contributed by atoms with Gasteiger partial charge in [-0.05, 0) is 53.8 Å². The molecule has 3 rings (SSSR count). The summed E-state index contributed by atoms with van der Waals surface area (Å²) in [7, 11) is 0. The molecule has 0 radical (unpaired) electrons. The first-order valence-electron chi connectivity index (χ1n) is 9.53. The van der Waals surface area contributed by atoms with Crippen molar-refractivity contribution in [2.45, 2.75) is 40.2 Å². The number of aryl methyl sites for hydroxylation is 1. The monoisotopic (exact) mass is 391 g/mol. The lowest BCUT2D eigenvalue weighted by Gasteiger charge is -2.12. The van der Waals surface area contributed by atoms with Crippen LogP contribution in [0.2, 0.25) is 0 Å². The number of phenolic OH excluding ortho intramolecular Hbond substituents is 1. The van der Waals surface area contributed by atoms with Gasteiger partial charge in [-0.2, -0.15) is 5.26 Å². The van der Waals surface area contributed by atoms with Gasteiger partial charge in [0.1, 0.15) is 5.75 Å². The molecule has 0 fully saturated rings. The number of aromatic hydroxyl groups is 1. The highest BCUT2D eigenvalue weighted by Crippen LogP contribution is 2.22. The average Bonchev–Trinajstić information content (AvgIpc) is 3.04. The van der Waals surface area contributed by atoms with Crippen LogP contribution in [0.5, 0.6) is 5.75 Å². The highest BCUT2D eigenvalue weighted by Gasteiger charge is 2.10. The second kappa shape index (κ2) is 8.90. The van der Waals surface area contributed by atoms with E-state index in [0.29, 0.717) is 11.5 Å². The average molecular weight is 392 g/mol. The summed E-state index contributed by atoms with van der Waals surface area (Å²) in [5, 5.41) is 20.8. The number of rotatable bonds is 6. The van der Waals surface area contributed by atoms with Crippen LogP contribution in [-0.4, -0.2) is 9.67 Å². The molecule has 0 bridgehead atoms. The summed E-state index contributed by atoms with van der Waals surface area (Å²) in [6.07, 6.45) is 1.64. The molecule has 0 aliphatic heterocycles. The molecule has 0 saturated carbocycles. The molecule has 4 nitrogen and oxygen atoms in total. The van der Waals surface area contributed by atoms with Crippen LogP contribution < -0.4 is 4.80 Å². The molecule has 1 N–H and O–H groups in total. The van der Waals surface area contributed by atoms with Gasteiger partial charge in [0.15, 0.2) is 4.80 Å². The van der Waals surface area contributed by atoms with Gasteiger partial charge in [-0.25, -0.2) is 4.99 Å². The van der Waals surface area contributed by atoms with Gasteiger partial charge in [0.2, 0.25) is 0 Å². The van der Waals surface area contributed by atoms with E-state index in [0.717, 1.165) is 41.0 Å². The summed E-state index contributed by atoms with van der Waals surface area (Å²) in [5.41, 5.74) is 5.06. The van der Waals surface area contributed by atoms with Crippen LogP contribution >= 0.6 is 11.3 Å². The minimum atomic E-state index is 0.285. The maximum Gasteiger partial charge on any atom is 0.190 e. The highest BCUT2D eigenvalue weighted by atomic mass is 32.1. The molecule has 2 aromatic carbocycles. The van der Waals surface area contributed by atoms with Gasteiger partial charge in [0, 0.05) is 24.0 Å². The van der Waals surface area contributed by atoms with E-state index < -0.39 is 0 Å². The Labute approximate surface area is 170 Å². The fraction of sp³-hybridized carbons (Fsp3) is 0.304. The van der Waals surface area contributed by atoms with Crippen molar-refractivity contribution in [3.8, 4) is 11.8 Å². The normalized spacial score (nSPS) is 11.8. The molecule has 0 amide bonds. The molecular formula is C23H25N3OS. The number of nitriles is 1. The zero-order valence-corrected chi connectivity index (χ0v) is 17.3. The molecule has 144 valence electrons. The van der Waals surface area contributed by atoms with Crippen LogP contribution in [0, 0.1) is 17.2 Å². The maximum absolute atomic E-state index is 9.51. The molecule has 0 spiro atoms. The largest absolute Gasteiger partial charge is 0.508 e. The van der Waals surface area contributed by atoms with E-state index in [1.807, 2.05) is 30.3 Å². The fourth-order valence-electron chi connectivity index (χ4n) is 3.13. The number of hydrogen-bond acceptors (Lipinski definition) is 4. The van der Waals surface area contributed by atoms with E-state index in [4.69, 9.17) is 10.3 Å². The summed E-state index contributed by atoms with van der Waals surface area (Å²) in [4.78, 5) is 5.92. The number of hydrogen-bond donors (Lipinski definition) is 1. The Bertz CT molecular complexity index is 1050. The Morgan fingerprint density at radius 1 is 1.18 bits per heavy atom. The van der Waals surface area contributed by atoms with E-state index in [-0.39, 0.29) is 5.75 Å². The molecule has 1 heterocycles. The molecule has 3 aromatic rings. The summed E-state index contributed by atoms with van der Waals surface area (Å²) in [5.74, 6) is 0.784. The van der Waals surface area contributed by atoms with Gasteiger partial charge in [-0.1, -0.05) is 32.9 Å². The first kappa shape index (κ1) is 19.9. The van der Waals surface area contributed by atoms with Crippen LogP contribution in [-0.2, 0) is 19.4 Å². The summed E-state index contributed by atoms with van der Waals surface area (Å²) in [6.45, 7) is 7.39. The van der Waals surface area contributed by atoms with Crippen LogP contribution in [0.15, 0.2) is 52.8 Å². The van der Waals surface area contributed by atoms with Crippen molar-refractivity contribution >= 4 is 17.0 Å². The van der Waals surface area contributed by atoms with Crippen molar-refractivity contribution < 1.29 is 5.11 Å². The molecule has 28 heavy (non-hydrogen) atoms. The van der Waals surface area contributed by atoms with Crippen molar-refractivity contribution in [2.24, 2.45) is 10.9 Å². The van der Waals surface area contributed by atoms with Gasteiger partial charge >= 0.3 is 0 Å². The maximum atomic E-state index is 9.51. The Morgan fingerprint density at radius 3 is 2.57 bits per heavy atom. The van der Waals surface area contributed by atoms with Crippen molar-refractivity contribution in [3.63, 3.8) is 0 Å². The Hall–Kier alpha value is -2.84. The number of benzene rings is 2. The van der Waals surface area contributed by atoms with Crippen molar-refractivity contribution in [1.29, 1.82) is 5.26 Å². The molecule has 0 aliphatic carbocycles. The first-order chi connectivity index (χ1) is 13.5. The van der Waals surface area contributed by atoms with Crippen LogP contribution in [0.4, 0.5) is 5.69 Å². The lowest BCUT2D eigenvalue weighted by atomic mass is 10.1. The molecular weight excluding hydrogens is 366 g/mol. The van der Waals surface area contributed by atoms with E-state index in [1.165, 1.54) is 5.69 Å². The molecule has 0 saturated heterocycles. The van der Waals surface area contributed by atoms with Crippen LogP contribution in [0.3, 0.4) is 0 Å². The minimum absolute atomic E-state index is 0.285. The first-order valence-corrected chi connectivity index (χ1v) is 10.4. The molecule has 0 unspecified atom stereocenters. The molecule has 0 atom stereocenters. The van der Waals surface area contributed by atoms with Gasteiger partial charge in [-0.15, -0.1) is 11.3 Å². The van der Waals surface area contributed by atoms with Gasteiger partial charge in [0.05, 0.1) is 17.3 Å². The van der Waals surface area contributed by atoms with E-state index in [2.05, 4.69) is 36.8 Å². The molecule has 1 aromatic heterocycles. The van der Waals surface area contributed by atoms with E-state index in [9.17, 15) is 5.11 Å². The van der Waals surface area contributed by atoms with Crippen molar-refractivity contribution in [1.82, 2.24) is 4.57 Å². The fourth-order valence-corrected chi connectivity index (χ4v) is 4.05. The molecule has 5 heteroatoms. The second-order valence-electron chi connectivity index (χ2n) is 7.28. The number of phenols is 1. The lowest BCUT2D eigenvalue weighted by Crippen LogP contribution is -2.20. The van der Waals surface area contributed by atoms with Gasteiger partial charge < -0.3 is 9.67 Å². The van der Waals surface area contributed by atoms with E-state index in [1.54, 1.807) is 23.5 Å². The second-order valence-corrected chi connectivity index (χ2v) is 8.11. The number of nitrogens with zero attached hydrogens (tertiary/aromatic N) is 3.